The Morgan fingerprint density at radius 3 is 2.70 bits per heavy atom. The number of anilines is 1. The largest absolute Gasteiger partial charge is 0.335 e. The molecule has 0 saturated carbocycles. The molecule has 1 N–H and O–H groups in total. The number of barbiturate groups is 1. The molecule has 20 heavy (non-hydrogen) atoms. The Kier molecular flexibility index (Phi) is 4.17. The minimum atomic E-state index is -0.923. The number of benzene rings is 1. The topological polar surface area (TPSA) is 66.5 Å². The zero-order chi connectivity index (χ0) is 14.9. The summed E-state index contributed by atoms with van der Waals surface area (Å²) >= 11 is 3.17. The van der Waals surface area contributed by atoms with Crippen molar-refractivity contribution in [3.63, 3.8) is 0 Å². The Labute approximate surface area is 123 Å². The summed E-state index contributed by atoms with van der Waals surface area (Å²) in [6.07, 6.45) is 0.956. The standard InChI is InChI=1S/C13H12BrFN2O3/c1-2-3-8-11(18)16-13(20)17(12(8)19)10-6-7(15)4-5-9(10)14/h4-6,8H,2-3H2,1H3,(H,16,18,20). The molecule has 5 nitrogen and oxygen atoms in total. The average Bonchev–Trinajstić information content (AvgIpc) is 2.38. The highest BCUT2D eigenvalue weighted by molar-refractivity contribution is 9.10. The van der Waals surface area contributed by atoms with Crippen LogP contribution in [0.1, 0.15) is 19.8 Å². The van der Waals surface area contributed by atoms with E-state index >= 15 is 0 Å². The van der Waals surface area contributed by atoms with E-state index in [2.05, 4.69) is 21.2 Å². The molecule has 106 valence electrons. The number of hydrogen-bond donors (Lipinski definition) is 1. The van der Waals surface area contributed by atoms with Gasteiger partial charge in [0.1, 0.15) is 11.7 Å². The first-order chi connectivity index (χ1) is 9.45. The summed E-state index contributed by atoms with van der Waals surface area (Å²) in [5, 5.41) is 2.12. The first-order valence-corrected chi connectivity index (χ1v) is 6.88. The highest BCUT2D eigenvalue weighted by Gasteiger charge is 2.41. The van der Waals surface area contributed by atoms with E-state index in [-0.39, 0.29) is 5.69 Å². The summed E-state index contributed by atoms with van der Waals surface area (Å²) in [6.45, 7) is 1.83. The molecule has 1 atom stereocenters. The first-order valence-electron chi connectivity index (χ1n) is 6.09. The van der Waals surface area contributed by atoms with Gasteiger partial charge in [-0.3, -0.25) is 14.9 Å². The average molecular weight is 343 g/mol. The summed E-state index contributed by atoms with van der Waals surface area (Å²) in [4.78, 5) is 36.6. The summed E-state index contributed by atoms with van der Waals surface area (Å²) in [5.41, 5.74) is 0.0844. The fourth-order valence-corrected chi connectivity index (χ4v) is 2.47. The van der Waals surface area contributed by atoms with Crippen LogP contribution < -0.4 is 10.2 Å². The van der Waals surface area contributed by atoms with E-state index < -0.39 is 29.6 Å². The van der Waals surface area contributed by atoms with Crippen LogP contribution in [0.5, 0.6) is 0 Å². The van der Waals surface area contributed by atoms with Crippen molar-refractivity contribution in [2.24, 2.45) is 5.92 Å². The molecular weight excluding hydrogens is 331 g/mol. The van der Waals surface area contributed by atoms with Crippen LogP contribution in [0.2, 0.25) is 0 Å². The molecule has 0 spiro atoms. The lowest BCUT2D eigenvalue weighted by molar-refractivity contribution is -0.134. The van der Waals surface area contributed by atoms with Crippen LogP contribution in [0.4, 0.5) is 14.9 Å². The van der Waals surface area contributed by atoms with Crippen molar-refractivity contribution in [2.75, 3.05) is 4.90 Å². The maximum Gasteiger partial charge on any atom is 0.335 e. The molecule has 1 heterocycles. The minimum absolute atomic E-state index is 0.0844. The van der Waals surface area contributed by atoms with Crippen LogP contribution in [0.15, 0.2) is 22.7 Å². The molecule has 4 amide bonds. The van der Waals surface area contributed by atoms with Crippen molar-refractivity contribution in [2.45, 2.75) is 19.8 Å². The lowest BCUT2D eigenvalue weighted by Crippen LogP contribution is -2.58. The summed E-state index contributed by atoms with van der Waals surface area (Å²) in [7, 11) is 0. The van der Waals surface area contributed by atoms with Crippen molar-refractivity contribution in [1.82, 2.24) is 5.32 Å². The number of carbonyl (C=O) groups is 3. The van der Waals surface area contributed by atoms with Crippen molar-refractivity contribution >= 4 is 39.5 Å². The summed E-state index contributed by atoms with van der Waals surface area (Å²) < 4.78 is 13.7. The second-order valence-electron chi connectivity index (χ2n) is 4.41. The van der Waals surface area contributed by atoms with Crippen molar-refractivity contribution in [1.29, 1.82) is 0 Å². The number of hydrogen-bond acceptors (Lipinski definition) is 3. The molecule has 1 unspecified atom stereocenters. The van der Waals surface area contributed by atoms with E-state index in [1.807, 2.05) is 6.92 Å². The predicted molar refractivity (Wildman–Crippen MR) is 73.5 cm³/mol. The molecule has 0 bridgehead atoms. The Morgan fingerprint density at radius 2 is 2.05 bits per heavy atom. The second kappa shape index (κ2) is 5.70. The van der Waals surface area contributed by atoms with E-state index in [0.717, 1.165) is 11.0 Å². The van der Waals surface area contributed by atoms with Crippen LogP contribution in [0.25, 0.3) is 0 Å². The van der Waals surface area contributed by atoms with Crippen molar-refractivity contribution in [3.8, 4) is 0 Å². The lowest BCUT2D eigenvalue weighted by atomic mass is 9.99. The van der Waals surface area contributed by atoms with E-state index in [0.29, 0.717) is 17.3 Å². The summed E-state index contributed by atoms with van der Waals surface area (Å²) in [5.74, 6) is -2.74. The molecule has 1 aliphatic rings. The molecular formula is C13H12BrFN2O3. The van der Waals surface area contributed by atoms with E-state index in [1.165, 1.54) is 12.1 Å². The molecule has 1 aromatic rings. The zero-order valence-electron chi connectivity index (χ0n) is 10.7. The number of halogens is 2. The molecule has 0 radical (unpaired) electrons. The van der Waals surface area contributed by atoms with Gasteiger partial charge < -0.3 is 0 Å². The van der Waals surface area contributed by atoms with Gasteiger partial charge in [-0.05, 0) is 40.5 Å². The monoisotopic (exact) mass is 342 g/mol. The smallest absolute Gasteiger partial charge is 0.277 e. The number of amides is 4. The van der Waals surface area contributed by atoms with Gasteiger partial charge in [0.25, 0.3) is 0 Å². The van der Waals surface area contributed by atoms with Gasteiger partial charge in [-0.15, -0.1) is 0 Å². The number of imide groups is 2. The quantitative estimate of drug-likeness (QED) is 0.858. The van der Waals surface area contributed by atoms with Gasteiger partial charge in [0.2, 0.25) is 11.8 Å². The van der Waals surface area contributed by atoms with Crippen LogP contribution >= 0.6 is 15.9 Å². The van der Waals surface area contributed by atoms with Gasteiger partial charge in [0.15, 0.2) is 0 Å². The highest BCUT2D eigenvalue weighted by Crippen LogP contribution is 2.30. The van der Waals surface area contributed by atoms with Crippen LogP contribution in [-0.2, 0) is 9.59 Å². The molecule has 7 heteroatoms. The Hall–Kier alpha value is -1.76. The Bertz CT molecular complexity index is 591. The number of nitrogens with zero attached hydrogens (tertiary/aromatic N) is 1. The molecule has 2 rings (SSSR count). The number of rotatable bonds is 3. The van der Waals surface area contributed by atoms with Crippen molar-refractivity contribution < 1.29 is 18.8 Å². The van der Waals surface area contributed by atoms with Gasteiger partial charge in [-0.2, -0.15) is 0 Å². The number of carbonyl (C=O) groups excluding carboxylic acids is 3. The van der Waals surface area contributed by atoms with Gasteiger partial charge in [-0.25, -0.2) is 14.1 Å². The first kappa shape index (κ1) is 14.6. The van der Waals surface area contributed by atoms with Crippen LogP contribution in [0, 0.1) is 11.7 Å². The summed E-state index contributed by atoms with van der Waals surface area (Å²) in [6, 6.07) is 2.81. The highest BCUT2D eigenvalue weighted by atomic mass is 79.9. The Morgan fingerprint density at radius 1 is 1.35 bits per heavy atom. The molecule has 1 fully saturated rings. The predicted octanol–water partition coefficient (Wildman–Crippen LogP) is 2.59. The van der Waals surface area contributed by atoms with Gasteiger partial charge >= 0.3 is 6.03 Å². The SMILES string of the molecule is CCCC1C(=O)NC(=O)N(c2cc(F)ccc2Br)C1=O. The third kappa shape index (κ3) is 2.58. The van der Waals surface area contributed by atoms with E-state index in [9.17, 15) is 18.8 Å². The van der Waals surface area contributed by atoms with E-state index in [1.54, 1.807) is 0 Å². The molecule has 0 aromatic heterocycles. The maximum atomic E-state index is 13.3. The second-order valence-corrected chi connectivity index (χ2v) is 5.26. The van der Waals surface area contributed by atoms with Gasteiger partial charge in [-0.1, -0.05) is 13.3 Å². The molecule has 0 aliphatic carbocycles. The van der Waals surface area contributed by atoms with Crippen molar-refractivity contribution in [3.05, 3.63) is 28.5 Å². The molecule has 1 aliphatic heterocycles. The fraction of sp³-hybridized carbons (Fsp3) is 0.308. The normalized spacial score (nSPS) is 19.2. The fourth-order valence-electron chi connectivity index (χ4n) is 2.05. The molecule has 1 saturated heterocycles. The van der Waals surface area contributed by atoms with Gasteiger partial charge in [0, 0.05) is 4.47 Å². The van der Waals surface area contributed by atoms with Crippen LogP contribution in [-0.4, -0.2) is 17.8 Å². The lowest BCUT2D eigenvalue weighted by Gasteiger charge is -2.30. The third-order valence-corrected chi connectivity index (χ3v) is 3.67. The van der Waals surface area contributed by atoms with E-state index in [4.69, 9.17) is 0 Å². The van der Waals surface area contributed by atoms with Crippen LogP contribution in [0.3, 0.4) is 0 Å². The minimum Gasteiger partial charge on any atom is -0.277 e. The number of nitrogens with one attached hydrogen (secondary N) is 1. The number of urea groups is 1. The zero-order valence-corrected chi connectivity index (χ0v) is 12.2. The molecule has 1 aromatic carbocycles. The van der Waals surface area contributed by atoms with Gasteiger partial charge in [0.05, 0.1) is 5.69 Å². The maximum absolute atomic E-state index is 13.3. The Balaban J connectivity index is 2.43. The third-order valence-electron chi connectivity index (χ3n) is 2.99.